The molecule has 0 spiro atoms. The molecule has 0 bridgehead atoms. The number of anilines is 1. The molecule has 3 rings (SSSR count). The van der Waals surface area contributed by atoms with Gasteiger partial charge in [0.15, 0.2) is 11.5 Å². The van der Waals surface area contributed by atoms with E-state index in [1.807, 2.05) is 0 Å². The molecule has 2 heterocycles. The number of imide groups is 1. The van der Waals surface area contributed by atoms with Gasteiger partial charge in [-0.15, -0.1) is 0 Å². The van der Waals surface area contributed by atoms with E-state index < -0.39 is 0 Å². The Kier molecular flexibility index (Phi) is 3.47. The van der Waals surface area contributed by atoms with Gasteiger partial charge in [0.25, 0.3) is 0 Å². The van der Waals surface area contributed by atoms with Crippen LogP contribution in [-0.2, 0) is 14.4 Å². The molecule has 1 aromatic rings. The van der Waals surface area contributed by atoms with Gasteiger partial charge in [0.1, 0.15) is 0 Å². The van der Waals surface area contributed by atoms with Crippen LogP contribution in [0.1, 0.15) is 19.3 Å². The van der Waals surface area contributed by atoms with Crippen LogP contribution in [0.2, 0.25) is 0 Å². The number of hydrogen-bond donors (Lipinski definition) is 1. The third kappa shape index (κ3) is 2.81. The predicted octanol–water partition coefficient (Wildman–Crippen LogP) is 0.893. The van der Waals surface area contributed by atoms with Gasteiger partial charge in [0.05, 0.1) is 0 Å². The van der Waals surface area contributed by atoms with Crippen molar-refractivity contribution in [1.82, 2.24) is 4.90 Å². The molecule has 1 fully saturated rings. The van der Waals surface area contributed by atoms with Crippen molar-refractivity contribution >= 4 is 23.4 Å². The Balaban J connectivity index is 1.54. The van der Waals surface area contributed by atoms with Crippen molar-refractivity contribution in [3.8, 4) is 11.5 Å². The van der Waals surface area contributed by atoms with Gasteiger partial charge < -0.3 is 14.8 Å². The minimum absolute atomic E-state index is 0.0753. The smallest absolute Gasteiger partial charge is 0.231 e. The summed E-state index contributed by atoms with van der Waals surface area (Å²) in [5.41, 5.74) is 0.586. The van der Waals surface area contributed by atoms with Gasteiger partial charge in [0.2, 0.25) is 24.5 Å². The summed E-state index contributed by atoms with van der Waals surface area (Å²) in [7, 11) is 0. The maximum absolute atomic E-state index is 11.9. The highest BCUT2D eigenvalue weighted by atomic mass is 16.7. The molecule has 2 aliphatic heterocycles. The summed E-state index contributed by atoms with van der Waals surface area (Å²) in [5, 5.41) is 2.70. The van der Waals surface area contributed by atoms with Crippen LogP contribution in [0, 0.1) is 0 Å². The Labute approximate surface area is 120 Å². The molecule has 0 aliphatic carbocycles. The van der Waals surface area contributed by atoms with E-state index in [1.165, 1.54) is 0 Å². The highest BCUT2D eigenvalue weighted by Crippen LogP contribution is 2.34. The Hall–Kier alpha value is -2.57. The molecule has 110 valence electrons. The number of amides is 3. The second-order valence-electron chi connectivity index (χ2n) is 4.81. The number of hydrogen-bond acceptors (Lipinski definition) is 5. The van der Waals surface area contributed by atoms with E-state index >= 15 is 0 Å². The number of carbonyl (C=O) groups excluding carboxylic acids is 3. The lowest BCUT2D eigenvalue weighted by Gasteiger charge is -2.13. The Bertz CT molecular complexity index is 597. The van der Waals surface area contributed by atoms with Crippen LogP contribution in [0.4, 0.5) is 5.69 Å². The summed E-state index contributed by atoms with van der Waals surface area (Å²) in [4.78, 5) is 35.8. The van der Waals surface area contributed by atoms with Gasteiger partial charge in [-0.25, -0.2) is 0 Å². The van der Waals surface area contributed by atoms with E-state index in [1.54, 1.807) is 18.2 Å². The molecule has 0 saturated carbocycles. The van der Waals surface area contributed by atoms with Crippen LogP contribution in [0.15, 0.2) is 18.2 Å². The third-order valence-electron chi connectivity index (χ3n) is 3.37. The molecule has 0 aromatic heterocycles. The zero-order valence-corrected chi connectivity index (χ0v) is 11.3. The average Bonchev–Trinajstić information content (AvgIpc) is 3.04. The van der Waals surface area contributed by atoms with Crippen LogP contribution in [0.3, 0.4) is 0 Å². The molecule has 0 radical (unpaired) electrons. The first kappa shape index (κ1) is 13.4. The summed E-state index contributed by atoms with van der Waals surface area (Å²) in [6, 6.07) is 5.09. The maximum Gasteiger partial charge on any atom is 0.231 e. The zero-order chi connectivity index (χ0) is 14.8. The van der Waals surface area contributed by atoms with E-state index in [0.717, 1.165) is 4.90 Å². The lowest BCUT2D eigenvalue weighted by Crippen LogP contribution is -2.32. The molecule has 1 saturated heterocycles. The number of rotatable bonds is 4. The normalized spacial score (nSPS) is 16.5. The molecule has 7 nitrogen and oxygen atoms in total. The standard InChI is InChI=1S/C14H14N2O5/c17-12(5-6-16-13(18)3-4-14(16)19)15-9-1-2-10-11(7-9)21-8-20-10/h1-2,7H,3-6,8H2,(H,15,17). The number of benzene rings is 1. The first-order valence-corrected chi connectivity index (χ1v) is 6.66. The second-order valence-corrected chi connectivity index (χ2v) is 4.81. The first-order chi connectivity index (χ1) is 10.1. The summed E-state index contributed by atoms with van der Waals surface area (Å²) in [6.07, 6.45) is 0.553. The largest absolute Gasteiger partial charge is 0.454 e. The van der Waals surface area contributed by atoms with Gasteiger partial charge in [-0.3, -0.25) is 19.3 Å². The summed E-state index contributed by atoms with van der Waals surface area (Å²) in [6.45, 7) is 0.292. The Morgan fingerprint density at radius 2 is 1.86 bits per heavy atom. The van der Waals surface area contributed by atoms with E-state index in [9.17, 15) is 14.4 Å². The fraction of sp³-hybridized carbons (Fsp3) is 0.357. The number of ether oxygens (including phenoxy) is 2. The molecular weight excluding hydrogens is 276 g/mol. The number of nitrogens with zero attached hydrogens (tertiary/aromatic N) is 1. The Morgan fingerprint density at radius 3 is 2.62 bits per heavy atom. The zero-order valence-electron chi connectivity index (χ0n) is 11.3. The van der Waals surface area contributed by atoms with Gasteiger partial charge >= 0.3 is 0 Å². The molecular formula is C14H14N2O5. The summed E-state index contributed by atoms with van der Waals surface area (Å²) in [5.74, 6) is 0.534. The van der Waals surface area contributed by atoms with E-state index in [2.05, 4.69) is 5.32 Å². The quantitative estimate of drug-likeness (QED) is 0.832. The third-order valence-corrected chi connectivity index (χ3v) is 3.37. The SMILES string of the molecule is O=C(CCN1C(=O)CCC1=O)Nc1ccc2c(c1)OCO2. The number of likely N-dealkylation sites (tertiary alicyclic amines) is 1. The minimum Gasteiger partial charge on any atom is -0.454 e. The number of fused-ring (bicyclic) bond motifs is 1. The van der Waals surface area contributed by atoms with Crippen molar-refractivity contribution in [1.29, 1.82) is 0 Å². The summed E-state index contributed by atoms with van der Waals surface area (Å²) >= 11 is 0. The second kappa shape index (κ2) is 5.43. The van der Waals surface area contributed by atoms with E-state index in [-0.39, 0.29) is 50.3 Å². The molecule has 2 aliphatic rings. The van der Waals surface area contributed by atoms with E-state index in [0.29, 0.717) is 17.2 Å². The fourth-order valence-electron chi connectivity index (χ4n) is 2.28. The fourth-order valence-corrected chi connectivity index (χ4v) is 2.28. The van der Waals surface area contributed by atoms with Crippen molar-refractivity contribution in [2.24, 2.45) is 0 Å². The number of nitrogens with one attached hydrogen (secondary N) is 1. The molecule has 0 atom stereocenters. The Morgan fingerprint density at radius 1 is 1.14 bits per heavy atom. The first-order valence-electron chi connectivity index (χ1n) is 6.66. The molecule has 1 aromatic carbocycles. The lowest BCUT2D eigenvalue weighted by atomic mass is 10.2. The highest BCUT2D eigenvalue weighted by molar-refractivity contribution is 6.02. The van der Waals surface area contributed by atoms with Gasteiger partial charge in [-0.05, 0) is 12.1 Å². The molecule has 21 heavy (non-hydrogen) atoms. The predicted molar refractivity (Wildman–Crippen MR) is 71.8 cm³/mol. The molecule has 1 N–H and O–H groups in total. The van der Waals surface area contributed by atoms with Crippen LogP contribution in [0.5, 0.6) is 11.5 Å². The molecule has 0 unspecified atom stereocenters. The van der Waals surface area contributed by atoms with Crippen molar-refractivity contribution in [2.75, 3.05) is 18.7 Å². The van der Waals surface area contributed by atoms with Gasteiger partial charge in [-0.2, -0.15) is 0 Å². The maximum atomic E-state index is 11.9. The van der Waals surface area contributed by atoms with Crippen LogP contribution in [0.25, 0.3) is 0 Å². The monoisotopic (exact) mass is 290 g/mol. The van der Waals surface area contributed by atoms with Gasteiger partial charge in [-0.1, -0.05) is 0 Å². The van der Waals surface area contributed by atoms with E-state index in [4.69, 9.17) is 9.47 Å². The van der Waals surface area contributed by atoms with Crippen LogP contribution < -0.4 is 14.8 Å². The molecule has 3 amide bonds. The number of carbonyl (C=O) groups is 3. The van der Waals surface area contributed by atoms with Crippen molar-refractivity contribution in [3.05, 3.63) is 18.2 Å². The average molecular weight is 290 g/mol. The van der Waals surface area contributed by atoms with Crippen LogP contribution >= 0.6 is 0 Å². The highest BCUT2D eigenvalue weighted by Gasteiger charge is 2.28. The topological polar surface area (TPSA) is 84.9 Å². The van der Waals surface area contributed by atoms with Crippen molar-refractivity contribution < 1.29 is 23.9 Å². The van der Waals surface area contributed by atoms with Crippen molar-refractivity contribution in [2.45, 2.75) is 19.3 Å². The van der Waals surface area contributed by atoms with Gasteiger partial charge in [0, 0.05) is 37.6 Å². The summed E-state index contributed by atoms with van der Waals surface area (Å²) < 4.78 is 10.4. The molecule has 7 heteroatoms. The lowest BCUT2D eigenvalue weighted by molar-refractivity contribution is -0.138. The minimum atomic E-state index is -0.263. The van der Waals surface area contributed by atoms with Crippen molar-refractivity contribution in [3.63, 3.8) is 0 Å². The van der Waals surface area contributed by atoms with Crippen LogP contribution in [-0.4, -0.2) is 36.0 Å².